The summed E-state index contributed by atoms with van der Waals surface area (Å²) in [5, 5.41) is 2.56. The Hall–Kier alpha value is -1.06. The number of hydrogen-bond donors (Lipinski definition) is 2. The number of carbonyl (C=O) groups is 2. The molecule has 2 amide bonds. The quantitative estimate of drug-likeness (QED) is 0.538. The molecule has 4 nitrogen and oxygen atoms in total. The second-order valence-corrected chi connectivity index (χ2v) is 2.77. The minimum Gasteiger partial charge on any atom is -0.368 e. The largest absolute Gasteiger partial charge is 0.368 e. The minimum absolute atomic E-state index is 0.0636. The van der Waals surface area contributed by atoms with Gasteiger partial charge < -0.3 is 11.1 Å². The molecule has 1 aliphatic rings. The van der Waals surface area contributed by atoms with Crippen molar-refractivity contribution in [1.29, 1.82) is 0 Å². The summed E-state index contributed by atoms with van der Waals surface area (Å²) in [6.45, 7) is 0. The van der Waals surface area contributed by atoms with Crippen molar-refractivity contribution in [1.82, 2.24) is 5.32 Å². The van der Waals surface area contributed by atoms with Gasteiger partial charge in [-0.25, -0.2) is 0 Å². The third-order valence-electron chi connectivity index (χ3n) is 1.83. The van der Waals surface area contributed by atoms with E-state index in [2.05, 4.69) is 5.32 Å². The lowest BCUT2D eigenvalue weighted by Crippen LogP contribution is -2.42. The lowest BCUT2D eigenvalue weighted by molar-refractivity contribution is -0.126. The van der Waals surface area contributed by atoms with Gasteiger partial charge in [-0.2, -0.15) is 0 Å². The van der Waals surface area contributed by atoms with Gasteiger partial charge >= 0.3 is 0 Å². The maximum Gasteiger partial charge on any atom is 0.239 e. The minimum atomic E-state index is -0.440. The van der Waals surface area contributed by atoms with Gasteiger partial charge in [0.25, 0.3) is 0 Å². The molecule has 0 radical (unpaired) electrons. The van der Waals surface area contributed by atoms with Crippen LogP contribution in [0.2, 0.25) is 0 Å². The summed E-state index contributed by atoms with van der Waals surface area (Å²) in [7, 11) is 0. The highest BCUT2D eigenvalue weighted by atomic mass is 16.2. The Labute approximate surface area is 65.1 Å². The lowest BCUT2D eigenvalue weighted by atomic mass is 10.1. The van der Waals surface area contributed by atoms with E-state index in [1.54, 1.807) is 0 Å². The summed E-state index contributed by atoms with van der Waals surface area (Å²) < 4.78 is 0. The van der Waals surface area contributed by atoms with Gasteiger partial charge in [0.2, 0.25) is 11.8 Å². The Kier molecular flexibility index (Phi) is 2.46. The first-order chi connectivity index (χ1) is 5.20. The zero-order valence-corrected chi connectivity index (χ0v) is 6.30. The number of nitrogens with two attached hydrogens (primary N) is 1. The summed E-state index contributed by atoms with van der Waals surface area (Å²) in [6.07, 6.45) is 2.95. The van der Waals surface area contributed by atoms with Crippen molar-refractivity contribution in [3.05, 3.63) is 0 Å². The topological polar surface area (TPSA) is 72.2 Å². The standard InChI is InChI=1S/C7H12N2O2/c8-7(11)5-3-1-2-4-6(10)9-5/h5H,1-4H2,(H2,8,11)(H,9,10). The van der Waals surface area contributed by atoms with Crippen LogP contribution in [0.25, 0.3) is 0 Å². The van der Waals surface area contributed by atoms with Crippen LogP contribution in [-0.2, 0) is 9.59 Å². The van der Waals surface area contributed by atoms with Gasteiger partial charge in [0.1, 0.15) is 6.04 Å². The van der Waals surface area contributed by atoms with Crippen LogP contribution in [0.1, 0.15) is 25.7 Å². The van der Waals surface area contributed by atoms with E-state index in [4.69, 9.17) is 5.73 Å². The molecular weight excluding hydrogens is 144 g/mol. The van der Waals surface area contributed by atoms with E-state index >= 15 is 0 Å². The lowest BCUT2D eigenvalue weighted by Gasteiger charge is -2.10. The fourth-order valence-corrected chi connectivity index (χ4v) is 1.19. The molecule has 1 atom stereocenters. The average Bonchev–Trinajstić information content (AvgIpc) is 2.13. The van der Waals surface area contributed by atoms with E-state index in [0.29, 0.717) is 12.8 Å². The van der Waals surface area contributed by atoms with Gasteiger partial charge in [-0.15, -0.1) is 0 Å². The molecule has 3 N–H and O–H groups in total. The van der Waals surface area contributed by atoms with E-state index in [9.17, 15) is 9.59 Å². The van der Waals surface area contributed by atoms with Crippen molar-refractivity contribution in [2.24, 2.45) is 5.73 Å². The molecule has 0 aromatic rings. The molecule has 0 saturated carbocycles. The van der Waals surface area contributed by atoms with Gasteiger partial charge in [-0.3, -0.25) is 9.59 Å². The Morgan fingerprint density at radius 2 is 2.27 bits per heavy atom. The van der Waals surface area contributed by atoms with Crippen molar-refractivity contribution in [3.8, 4) is 0 Å². The summed E-state index contributed by atoms with van der Waals surface area (Å²) >= 11 is 0. The van der Waals surface area contributed by atoms with Crippen LogP contribution in [0.4, 0.5) is 0 Å². The van der Waals surface area contributed by atoms with Crippen LogP contribution in [0.3, 0.4) is 0 Å². The number of amides is 2. The number of primary amides is 1. The predicted molar refractivity (Wildman–Crippen MR) is 39.6 cm³/mol. The Balaban J connectivity index is 2.52. The summed E-state index contributed by atoms with van der Waals surface area (Å²) in [4.78, 5) is 21.5. The molecule has 4 heteroatoms. The number of rotatable bonds is 1. The number of carbonyl (C=O) groups excluding carboxylic acids is 2. The molecule has 0 bridgehead atoms. The smallest absolute Gasteiger partial charge is 0.239 e. The third kappa shape index (κ3) is 2.22. The highest BCUT2D eigenvalue weighted by Crippen LogP contribution is 2.08. The van der Waals surface area contributed by atoms with Crippen LogP contribution in [-0.4, -0.2) is 17.9 Å². The monoisotopic (exact) mass is 156 g/mol. The maximum atomic E-state index is 10.9. The molecule has 1 unspecified atom stereocenters. The van der Waals surface area contributed by atoms with Gasteiger partial charge in [0, 0.05) is 6.42 Å². The molecule has 1 aliphatic heterocycles. The van der Waals surface area contributed by atoms with Gasteiger partial charge in [0.05, 0.1) is 0 Å². The SMILES string of the molecule is NC(=O)C1CCCCC(=O)N1. The van der Waals surface area contributed by atoms with E-state index in [1.165, 1.54) is 0 Å². The molecule has 0 aliphatic carbocycles. The number of nitrogens with one attached hydrogen (secondary N) is 1. The molecular formula is C7H12N2O2. The van der Waals surface area contributed by atoms with Gasteiger partial charge in [0.15, 0.2) is 0 Å². The van der Waals surface area contributed by atoms with E-state index in [-0.39, 0.29) is 5.91 Å². The predicted octanol–water partition coefficient (Wildman–Crippen LogP) is -0.470. The zero-order valence-electron chi connectivity index (χ0n) is 6.30. The van der Waals surface area contributed by atoms with Crippen molar-refractivity contribution < 1.29 is 9.59 Å². The molecule has 0 spiro atoms. The molecule has 62 valence electrons. The van der Waals surface area contributed by atoms with E-state index < -0.39 is 11.9 Å². The normalized spacial score (nSPS) is 25.5. The summed E-state index contributed by atoms with van der Waals surface area (Å²) in [5.74, 6) is -0.494. The van der Waals surface area contributed by atoms with Crippen molar-refractivity contribution in [3.63, 3.8) is 0 Å². The van der Waals surface area contributed by atoms with Crippen LogP contribution in [0.5, 0.6) is 0 Å². The molecule has 1 fully saturated rings. The summed E-state index contributed by atoms with van der Waals surface area (Å²) in [5.41, 5.74) is 5.05. The molecule has 1 heterocycles. The van der Waals surface area contributed by atoms with Crippen molar-refractivity contribution in [2.45, 2.75) is 31.7 Å². The second-order valence-electron chi connectivity index (χ2n) is 2.77. The number of hydrogen-bond acceptors (Lipinski definition) is 2. The van der Waals surface area contributed by atoms with Crippen LogP contribution >= 0.6 is 0 Å². The van der Waals surface area contributed by atoms with Gasteiger partial charge in [-0.05, 0) is 12.8 Å². The van der Waals surface area contributed by atoms with E-state index in [0.717, 1.165) is 12.8 Å². The summed E-state index contributed by atoms with van der Waals surface area (Å²) in [6, 6.07) is -0.440. The van der Waals surface area contributed by atoms with Crippen molar-refractivity contribution >= 4 is 11.8 Å². The Bertz CT molecular complexity index is 179. The van der Waals surface area contributed by atoms with Crippen molar-refractivity contribution in [2.75, 3.05) is 0 Å². The van der Waals surface area contributed by atoms with Crippen LogP contribution in [0, 0.1) is 0 Å². The molecule has 1 rings (SSSR count). The first kappa shape index (κ1) is 8.04. The highest BCUT2D eigenvalue weighted by Gasteiger charge is 2.19. The molecule has 0 aromatic carbocycles. The van der Waals surface area contributed by atoms with Crippen LogP contribution in [0.15, 0.2) is 0 Å². The first-order valence-corrected chi connectivity index (χ1v) is 3.79. The van der Waals surface area contributed by atoms with Gasteiger partial charge in [-0.1, -0.05) is 6.42 Å². The Morgan fingerprint density at radius 1 is 1.55 bits per heavy atom. The second kappa shape index (κ2) is 3.37. The highest BCUT2D eigenvalue weighted by molar-refractivity contribution is 5.86. The fourth-order valence-electron chi connectivity index (χ4n) is 1.19. The third-order valence-corrected chi connectivity index (χ3v) is 1.83. The average molecular weight is 156 g/mol. The zero-order chi connectivity index (χ0) is 8.27. The first-order valence-electron chi connectivity index (χ1n) is 3.79. The maximum absolute atomic E-state index is 10.9. The molecule has 11 heavy (non-hydrogen) atoms. The molecule has 1 saturated heterocycles. The van der Waals surface area contributed by atoms with Crippen LogP contribution < -0.4 is 11.1 Å². The molecule has 0 aromatic heterocycles. The Morgan fingerprint density at radius 3 is 2.91 bits per heavy atom. The fraction of sp³-hybridized carbons (Fsp3) is 0.714. The van der Waals surface area contributed by atoms with E-state index in [1.807, 2.05) is 0 Å².